The molecule has 0 saturated heterocycles. The fraction of sp³-hybridized carbons (Fsp3) is 0.375. The summed E-state index contributed by atoms with van der Waals surface area (Å²) in [6.07, 6.45) is 1.25. The van der Waals surface area contributed by atoms with Gasteiger partial charge in [-0.05, 0) is 24.6 Å². The van der Waals surface area contributed by atoms with Gasteiger partial charge in [0.2, 0.25) is 0 Å². The molecular formula is C16H19NO. The zero-order valence-electron chi connectivity index (χ0n) is 10.9. The fourth-order valence-electron chi connectivity index (χ4n) is 2.59. The summed E-state index contributed by atoms with van der Waals surface area (Å²) in [4.78, 5) is 0. The Bertz CT molecular complexity index is 578. The van der Waals surface area contributed by atoms with Gasteiger partial charge in [-0.2, -0.15) is 0 Å². The van der Waals surface area contributed by atoms with Crippen molar-refractivity contribution in [3.8, 4) is 5.75 Å². The number of benzene rings is 2. The minimum atomic E-state index is 0.199. The summed E-state index contributed by atoms with van der Waals surface area (Å²) in [6, 6.07) is 12.9. The number of rotatable bonds is 3. The van der Waals surface area contributed by atoms with Gasteiger partial charge in [0, 0.05) is 23.0 Å². The predicted octanol–water partition coefficient (Wildman–Crippen LogP) is 3.60. The molecule has 1 fully saturated rings. The molecule has 3 rings (SSSR count). The number of hydrogen-bond donors (Lipinski definition) is 2. The standard InChI is InChI=1S/C16H19NO/c1-10-9-15(10)17-11(2)13-8-7-12-5-3-4-6-14(12)16(13)18/h3-8,10-11,15,17-18H,9H2,1-2H3. The maximum atomic E-state index is 10.4. The van der Waals surface area contributed by atoms with Crippen LogP contribution in [0.25, 0.3) is 10.8 Å². The first kappa shape index (κ1) is 11.5. The zero-order valence-corrected chi connectivity index (χ0v) is 10.9. The highest BCUT2D eigenvalue weighted by molar-refractivity contribution is 5.89. The van der Waals surface area contributed by atoms with Crippen LogP contribution in [0.2, 0.25) is 0 Å². The molecule has 0 heterocycles. The van der Waals surface area contributed by atoms with Gasteiger partial charge in [0.15, 0.2) is 0 Å². The average molecular weight is 241 g/mol. The first-order chi connectivity index (χ1) is 8.66. The van der Waals surface area contributed by atoms with Gasteiger partial charge in [0.25, 0.3) is 0 Å². The number of aromatic hydroxyl groups is 1. The summed E-state index contributed by atoms with van der Waals surface area (Å²) in [7, 11) is 0. The van der Waals surface area contributed by atoms with Crippen molar-refractivity contribution in [3.05, 3.63) is 42.0 Å². The topological polar surface area (TPSA) is 32.3 Å². The summed E-state index contributed by atoms with van der Waals surface area (Å²) in [6.45, 7) is 4.37. The molecule has 94 valence electrons. The molecular weight excluding hydrogens is 222 g/mol. The van der Waals surface area contributed by atoms with E-state index in [1.165, 1.54) is 6.42 Å². The Labute approximate surface area is 108 Å². The van der Waals surface area contributed by atoms with Crippen LogP contribution in [0, 0.1) is 5.92 Å². The van der Waals surface area contributed by atoms with E-state index in [9.17, 15) is 5.11 Å². The molecule has 1 saturated carbocycles. The third kappa shape index (κ3) is 1.97. The van der Waals surface area contributed by atoms with Crippen LogP contribution in [0.4, 0.5) is 0 Å². The monoisotopic (exact) mass is 241 g/mol. The number of nitrogens with one attached hydrogen (secondary N) is 1. The first-order valence-electron chi connectivity index (χ1n) is 6.63. The summed E-state index contributed by atoms with van der Waals surface area (Å²) >= 11 is 0. The van der Waals surface area contributed by atoms with E-state index in [1.54, 1.807) is 0 Å². The number of phenols is 1. The zero-order chi connectivity index (χ0) is 12.7. The minimum Gasteiger partial charge on any atom is -0.507 e. The van der Waals surface area contributed by atoms with Crippen LogP contribution < -0.4 is 5.32 Å². The maximum Gasteiger partial charge on any atom is 0.128 e. The van der Waals surface area contributed by atoms with Crippen molar-refractivity contribution < 1.29 is 5.11 Å². The van der Waals surface area contributed by atoms with E-state index in [0.717, 1.165) is 22.3 Å². The molecule has 2 aromatic rings. The highest BCUT2D eigenvalue weighted by Crippen LogP contribution is 2.36. The van der Waals surface area contributed by atoms with Crippen molar-refractivity contribution in [1.29, 1.82) is 0 Å². The van der Waals surface area contributed by atoms with Gasteiger partial charge in [0.05, 0.1) is 0 Å². The van der Waals surface area contributed by atoms with Crippen LogP contribution in [-0.4, -0.2) is 11.1 Å². The molecule has 2 nitrogen and oxygen atoms in total. The lowest BCUT2D eigenvalue weighted by atomic mass is 10.0. The van der Waals surface area contributed by atoms with E-state index >= 15 is 0 Å². The van der Waals surface area contributed by atoms with Crippen molar-refractivity contribution >= 4 is 10.8 Å². The lowest BCUT2D eigenvalue weighted by Gasteiger charge is -2.16. The van der Waals surface area contributed by atoms with E-state index in [2.05, 4.69) is 25.2 Å². The van der Waals surface area contributed by atoms with Crippen LogP contribution in [0.15, 0.2) is 36.4 Å². The molecule has 0 radical (unpaired) electrons. The molecule has 1 aliphatic carbocycles. The molecule has 3 atom stereocenters. The van der Waals surface area contributed by atoms with Gasteiger partial charge in [-0.15, -0.1) is 0 Å². The van der Waals surface area contributed by atoms with Gasteiger partial charge in [-0.1, -0.05) is 43.3 Å². The van der Waals surface area contributed by atoms with Crippen LogP contribution in [0.3, 0.4) is 0 Å². The molecule has 2 aromatic carbocycles. The Hall–Kier alpha value is -1.54. The highest BCUT2D eigenvalue weighted by Gasteiger charge is 2.33. The van der Waals surface area contributed by atoms with E-state index in [0.29, 0.717) is 11.8 Å². The van der Waals surface area contributed by atoms with E-state index < -0.39 is 0 Å². The second-order valence-electron chi connectivity index (χ2n) is 5.43. The lowest BCUT2D eigenvalue weighted by molar-refractivity contribution is 0.456. The predicted molar refractivity (Wildman–Crippen MR) is 74.7 cm³/mol. The Kier molecular flexibility index (Phi) is 2.75. The molecule has 2 N–H and O–H groups in total. The van der Waals surface area contributed by atoms with Crippen molar-refractivity contribution in [2.75, 3.05) is 0 Å². The van der Waals surface area contributed by atoms with Crippen LogP contribution in [0.1, 0.15) is 31.9 Å². The van der Waals surface area contributed by atoms with Gasteiger partial charge in [-0.3, -0.25) is 0 Å². The molecule has 18 heavy (non-hydrogen) atoms. The summed E-state index contributed by atoms with van der Waals surface area (Å²) in [5, 5.41) is 16.0. The molecule has 0 bridgehead atoms. The van der Waals surface area contributed by atoms with Gasteiger partial charge >= 0.3 is 0 Å². The van der Waals surface area contributed by atoms with E-state index in [4.69, 9.17) is 0 Å². The largest absolute Gasteiger partial charge is 0.507 e. The SMILES string of the molecule is CC(NC1CC1C)c1ccc2ccccc2c1O. The Morgan fingerprint density at radius 1 is 1.22 bits per heavy atom. The smallest absolute Gasteiger partial charge is 0.128 e. The van der Waals surface area contributed by atoms with Gasteiger partial charge in [0.1, 0.15) is 5.75 Å². The third-order valence-electron chi connectivity index (χ3n) is 3.97. The lowest BCUT2D eigenvalue weighted by Crippen LogP contribution is -2.22. The van der Waals surface area contributed by atoms with E-state index in [1.807, 2.05) is 30.3 Å². The minimum absolute atomic E-state index is 0.199. The van der Waals surface area contributed by atoms with Crippen molar-refractivity contribution in [2.45, 2.75) is 32.4 Å². The molecule has 2 heteroatoms. The van der Waals surface area contributed by atoms with Crippen molar-refractivity contribution in [2.24, 2.45) is 5.92 Å². The number of hydrogen-bond acceptors (Lipinski definition) is 2. The second-order valence-corrected chi connectivity index (χ2v) is 5.43. The Morgan fingerprint density at radius 3 is 2.67 bits per heavy atom. The molecule has 1 aliphatic rings. The molecule has 0 amide bonds. The fourth-order valence-corrected chi connectivity index (χ4v) is 2.59. The number of phenolic OH excluding ortho intramolecular Hbond substituents is 1. The second kappa shape index (κ2) is 4.29. The quantitative estimate of drug-likeness (QED) is 0.860. The van der Waals surface area contributed by atoms with Crippen molar-refractivity contribution in [3.63, 3.8) is 0 Å². The highest BCUT2D eigenvalue weighted by atomic mass is 16.3. The van der Waals surface area contributed by atoms with Crippen LogP contribution >= 0.6 is 0 Å². The average Bonchev–Trinajstić information content (AvgIpc) is 3.05. The molecule has 0 spiro atoms. The first-order valence-corrected chi connectivity index (χ1v) is 6.63. The Balaban J connectivity index is 1.93. The maximum absolute atomic E-state index is 10.4. The molecule has 3 unspecified atom stereocenters. The van der Waals surface area contributed by atoms with Gasteiger partial charge < -0.3 is 10.4 Å². The van der Waals surface area contributed by atoms with E-state index in [-0.39, 0.29) is 6.04 Å². The normalized spacial score (nSPS) is 24.1. The van der Waals surface area contributed by atoms with Crippen LogP contribution in [0.5, 0.6) is 5.75 Å². The summed E-state index contributed by atoms with van der Waals surface area (Å²) in [5.41, 5.74) is 0.993. The van der Waals surface area contributed by atoms with Gasteiger partial charge in [-0.25, -0.2) is 0 Å². The molecule has 0 aromatic heterocycles. The third-order valence-corrected chi connectivity index (χ3v) is 3.97. The van der Waals surface area contributed by atoms with Crippen molar-refractivity contribution in [1.82, 2.24) is 5.32 Å². The van der Waals surface area contributed by atoms with Crippen LogP contribution in [-0.2, 0) is 0 Å². The number of fused-ring (bicyclic) bond motifs is 1. The Morgan fingerprint density at radius 2 is 1.94 bits per heavy atom. The summed E-state index contributed by atoms with van der Waals surface area (Å²) < 4.78 is 0. The molecule has 0 aliphatic heterocycles. The summed E-state index contributed by atoms with van der Waals surface area (Å²) in [5.74, 6) is 1.19.